The number of hydrogen-bond donors (Lipinski definition) is 0. The number of carbonyl (C=O) groups is 1. The molecule has 0 amide bonds. The largest absolute Gasteiger partial charge is 0.510 e. The maximum atomic E-state index is 10.4. The first-order chi connectivity index (χ1) is 5.68. The molecule has 0 aromatic rings. The van der Waals surface area contributed by atoms with E-state index in [-0.39, 0.29) is 6.61 Å². The van der Waals surface area contributed by atoms with Gasteiger partial charge in [-0.05, 0) is 13.8 Å². The molecule has 0 N–H and O–H groups in total. The van der Waals surface area contributed by atoms with Crippen molar-refractivity contribution in [2.24, 2.45) is 0 Å². The number of cyclic esters (lactones) is 2. The second kappa shape index (κ2) is 4.11. The molecule has 0 aliphatic carbocycles. The van der Waals surface area contributed by atoms with Gasteiger partial charge >= 0.3 is 6.16 Å². The van der Waals surface area contributed by atoms with Crippen molar-refractivity contribution in [1.29, 1.82) is 0 Å². The van der Waals surface area contributed by atoms with Gasteiger partial charge in [-0.2, -0.15) is 0 Å². The summed E-state index contributed by atoms with van der Waals surface area (Å²) in [7, 11) is 0. The predicted octanol–water partition coefficient (Wildman–Crippen LogP) is 1.46. The lowest BCUT2D eigenvalue weighted by Crippen LogP contribution is -2.14. The van der Waals surface area contributed by atoms with E-state index < -0.39 is 12.4 Å². The highest BCUT2D eigenvalue weighted by Gasteiger charge is 2.24. The lowest BCUT2D eigenvalue weighted by atomic mass is 10.3. The average Bonchev–Trinajstić information content (AvgIpc) is 2.35. The molecule has 4 heteroatoms. The van der Waals surface area contributed by atoms with Crippen LogP contribution >= 0.6 is 0 Å². The fraction of sp³-hybridized carbons (Fsp3) is 0.625. The van der Waals surface area contributed by atoms with Gasteiger partial charge in [0.1, 0.15) is 0 Å². The van der Waals surface area contributed by atoms with E-state index in [1.165, 1.54) is 5.57 Å². The summed E-state index contributed by atoms with van der Waals surface area (Å²) in [6, 6.07) is 0. The molecule has 68 valence electrons. The Labute approximate surface area is 71.1 Å². The van der Waals surface area contributed by atoms with E-state index >= 15 is 0 Å². The Morgan fingerprint density at radius 2 is 2.50 bits per heavy atom. The molecule has 0 aromatic heterocycles. The van der Waals surface area contributed by atoms with Crippen LogP contribution in [0.4, 0.5) is 4.79 Å². The van der Waals surface area contributed by atoms with Crippen molar-refractivity contribution >= 4 is 6.16 Å². The highest BCUT2D eigenvalue weighted by atomic mass is 16.8. The van der Waals surface area contributed by atoms with Gasteiger partial charge < -0.3 is 14.2 Å². The Bertz CT molecular complexity index is 193. The number of ether oxygens (including phenoxy) is 3. The molecule has 1 unspecified atom stereocenters. The molecule has 1 aliphatic rings. The van der Waals surface area contributed by atoms with E-state index in [0.717, 1.165) is 0 Å². The van der Waals surface area contributed by atoms with E-state index in [1.54, 1.807) is 0 Å². The van der Waals surface area contributed by atoms with Gasteiger partial charge in [0.15, 0.2) is 6.61 Å². The summed E-state index contributed by atoms with van der Waals surface area (Å²) in [5.41, 5.74) is 1.17. The summed E-state index contributed by atoms with van der Waals surface area (Å²) in [6.07, 6.45) is 0.719. The highest BCUT2D eigenvalue weighted by Crippen LogP contribution is 2.07. The summed E-state index contributed by atoms with van der Waals surface area (Å²) in [5, 5.41) is 0. The minimum atomic E-state index is -0.655. The van der Waals surface area contributed by atoms with Crippen molar-refractivity contribution in [1.82, 2.24) is 0 Å². The van der Waals surface area contributed by atoms with Gasteiger partial charge in [0.2, 0.25) is 6.29 Å². The first-order valence-electron chi connectivity index (χ1n) is 3.77. The van der Waals surface area contributed by atoms with Gasteiger partial charge in [0, 0.05) is 0 Å². The zero-order valence-electron chi connectivity index (χ0n) is 7.20. The predicted molar refractivity (Wildman–Crippen MR) is 41.6 cm³/mol. The van der Waals surface area contributed by atoms with Crippen LogP contribution in [0.1, 0.15) is 13.8 Å². The zero-order chi connectivity index (χ0) is 8.97. The van der Waals surface area contributed by atoms with Crippen LogP contribution in [0.25, 0.3) is 0 Å². The summed E-state index contributed by atoms with van der Waals surface area (Å²) >= 11 is 0. The van der Waals surface area contributed by atoms with Crippen LogP contribution in [-0.2, 0) is 14.2 Å². The monoisotopic (exact) mass is 172 g/mol. The summed E-state index contributed by atoms with van der Waals surface area (Å²) < 4.78 is 14.3. The summed E-state index contributed by atoms with van der Waals surface area (Å²) in [4.78, 5) is 10.4. The molecule has 1 fully saturated rings. The average molecular weight is 172 g/mol. The molecule has 1 atom stereocenters. The van der Waals surface area contributed by atoms with Gasteiger partial charge in [-0.1, -0.05) is 11.6 Å². The molecule has 0 saturated carbocycles. The van der Waals surface area contributed by atoms with Gasteiger partial charge in [0.25, 0.3) is 0 Å². The molecule has 1 heterocycles. The van der Waals surface area contributed by atoms with E-state index in [9.17, 15) is 4.79 Å². The Kier molecular flexibility index (Phi) is 3.10. The topological polar surface area (TPSA) is 44.8 Å². The van der Waals surface area contributed by atoms with Crippen molar-refractivity contribution in [3.63, 3.8) is 0 Å². The molecule has 0 bridgehead atoms. The van der Waals surface area contributed by atoms with Crippen LogP contribution in [0.2, 0.25) is 0 Å². The van der Waals surface area contributed by atoms with Crippen LogP contribution in [0, 0.1) is 0 Å². The first kappa shape index (κ1) is 9.06. The van der Waals surface area contributed by atoms with Crippen molar-refractivity contribution in [2.75, 3.05) is 13.2 Å². The number of allylic oxidation sites excluding steroid dienone is 1. The fourth-order valence-electron chi connectivity index (χ4n) is 0.716. The van der Waals surface area contributed by atoms with Gasteiger partial charge in [-0.25, -0.2) is 4.79 Å². The van der Waals surface area contributed by atoms with E-state index in [2.05, 4.69) is 9.47 Å². The molecule has 0 aromatic carbocycles. The van der Waals surface area contributed by atoms with Crippen LogP contribution in [0.15, 0.2) is 11.6 Å². The molecule has 4 nitrogen and oxygen atoms in total. The lowest BCUT2D eigenvalue weighted by molar-refractivity contribution is -0.0662. The van der Waals surface area contributed by atoms with Gasteiger partial charge in [-0.3, -0.25) is 0 Å². The van der Waals surface area contributed by atoms with Crippen LogP contribution in [-0.4, -0.2) is 25.7 Å². The van der Waals surface area contributed by atoms with Crippen molar-refractivity contribution in [3.05, 3.63) is 11.6 Å². The lowest BCUT2D eigenvalue weighted by Gasteiger charge is -2.04. The molecule has 12 heavy (non-hydrogen) atoms. The molecular formula is C8H12O4. The standard InChI is InChI=1S/C8H12O4/c1-6(2)3-4-10-7-5-11-8(9)12-7/h3,7H,4-5H2,1-2H3. The SMILES string of the molecule is CC(C)=CCOC1COC(=O)O1. The third kappa shape index (κ3) is 2.92. The van der Waals surface area contributed by atoms with Gasteiger partial charge in [0.05, 0.1) is 6.61 Å². The quantitative estimate of drug-likeness (QED) is 0.477. The molecule has 0 spiro atoms. The third-order valence-electron chi connectivity index (χ3n) is 1.34. The highest BCUT2D eigenvalue weighted by molar-refractivity contribution is 5.61. The molecular weight excluding hydrogens is 160 g/mol. The van der Waals surface area contributed by atoms with Gasteiger partial charge in [-0.15, -0.1) is 0 Å². The first-order valence-corrected chi connectivity index (χ1v) is 3.77. The van der Waals surface area contributed by atoms with Crippen LogP contribution in [0.5, 0.6) is 0 Å². The Morgan fingerprint density at radius 3 is 3.00 bits per heavy atom. The maximum Gasteiger partial charge on any atom is 0.510 e. The van der Waals surface area contributed by atoms with Crippen molar-refractivity contribution in [2.45, 2.75) is 20.1 Å². The third-order valence-corrected chi connectivity index (χ3v) is 1.34. The van der Waals surface area contributed by atoms with Crippen molar-refractivity contribution in [3.8, 4) is 0 Å². The Balaban J connectivity index is 2.16. The second-order valence-electron chi connectivity index (χ2n) is 2.72. The normalized spacial score (nSPS) is 21.5. The Hall–Kier alpha value is -1.03. The molecule has 0 radical (unpaired) electrons. The fourth-order valence-corrected chi connectivity index (χ4v) is 0.716. The van der Waals surface area contributed by atoms with E-state index in [4.69, 9.17) is 4.74 Å². The molecule has 1 saturated heterocycles. The second-order valence-corrected chi connectivity index (χ2v) is 2.72. The minimum absolute atomic E-state index is 0.190. The smallest absolute Gasteiger partial charge is 0.428 e. The Morgan fingerprint density at radius 1 is 1.75 bits per heavy atom. The van der Waals surface area contributed by atoms with Crippen molar-refractivity contribution < 1.29 is 19.0 Å². The van der Waals surface area contributed by atoms with E-state index in [1.807, 2.05) is 19.9 Å². The zero-order valence-corrected chi connectivity index (χ0v) is 7.20. The molecule has 1 rings (SSSR count). The number of rotatable bonds is 3. The minimum Gasteiger partial charge on any atom is -0.428 e. The summed E-state index contributed by atoms with van der Waals surface area (Å²) in [6.45, 7) is 4.58. The number of hydrogen-bond acceptors (Lipinski definition) is 4. The number of carbonyl (C=O) groups excluding carboxylic acids is 1. The van der Waals surface area contributed by atoms with E-state index in [0.29, 0.717) is 6.61 Å². The summed E-state index contributed by atoms with van der Waals surface area (Å²) in [5.74, 6) is 0. The molecule has 1 aliphatic heterocycles. The van der Waals surface area contributed by atoms with Crippen LogP contribution in [0.3, 0.4) is 0 Å². The maximum absolute atomic E-state index is 10.4. The van der Waals surface area contributed by atoms with Crippen LogP contribution < -0.4 is 0 Å².